The first-order valence-electron chi connectivity index (χ1n) is 15.6. The number of ether oxygens (including phenoxy) is 1. The first kappa shape index (κ1) is 37.9. The van der Waals surface area contributed by atoms with Gasteiger partial charge in [0.15, 0.2) is 6.23 Å². The van der Waals surface area contributed by atoms with Gasteiger partial charge in [0.2, 0.25) is 11.7 Å². The molecule has 46 heavy (non-hydrogen) atoms. The Balaban J connectivity index is 1.58. The minimum Gasteiger partial charge on any atom is -0.465 e. The van der Waals surface area contributed by atoms with Gasteiger partial charge < -0.3 is 36.0 Å². The molecule has 6 N–H and O–H groups in total. The number of hydrogen-bond acceptors (Lipinski definition) is 8. The fourth-order valence-corrected chi connectivity index (χ4v) is 4.36. The molecule has 13 nitrogen and oxygen atoms in total. The summed E-state index contributed by atoms with van der Waals surface area (Å²) in [6.07, 6.45) is 26.5. The number of nitrogens with one attached hydrogen (secondary N) is 1. The lowest BCUT2D eigenvalue weighted by atomic mass is 10.1. The maximum Gasteiger partial charge on any atom is 0.407 e. The highest BCUT2D eigenvalue weighted by Gasteiger charge is 2.45. The zero-order valence-electron chi connectivity index (χ0n) is 26.4. The zero-order valence-corrected chi connectivity index (χ0v) is 26.4. The summed E-state index contributed by atoms with van der Waals surface area (Å²) in [6, 6.07) is 0. The van der Waals surface area contributed by atoms with Gasteiger partial charge in [0.05, 0.1) is 6.54 Å². The number of aromatic nitrogens is 3. The highest BCUT2D eigenvalue weighted by Crippen LogP contribution is 2.29. The maximum atomic E-state index is 12.2. The third kappa shape index (κ3) is 14.6. The molecule has 1 aliphatic rings. The van der Waals surface area contributed by atoms with Crippen molar-refractivity contribution < 1.29 is 34.4 Å². The summed E-state index contributed by atoms with van der Waals surface area (Å²) in [5.41, 5.74) is 5.13. The van der Waals surface area contributed by atoms with Crippen LogP contribution < -0.4 is 11.1 Å². The van der Waals surface area contributed by atoms with E-state index in [-0.39, 0.29) is 37.8 Å². The molecule has 1 aromatic heterocycles. The van der Waals surface area contributed by atoms with Crippen molar-refractivity contribution in [2.75, 3.05) is 19.6 Å². The highest BCUT2D eigenvalue weighted by molar-refractivity contribution is 5.88. The van der Waals surface area contributed by atoms with Crippen LogP contribution in [0.5, 0.6) is 0 Å². The van der Waals surface area contributed by atoms with Crippen LogP contribution >= 0.6 is 0 Å². The monoisotopic (exact) mass is 640 g/mol. The van der Waals surface area contributed by atoms with Gasteiger partial charge >= 0.3 is 6.09 Å². The zero-order chi connectivity index (χ0) is 33.6. The van der Waals surface area contributed by atoms with Crippen LogP contribution in [0.25, 0.3) is 0 Å². The Labute approximate surface area is 270 Å². The van der Waals surface area contributed by atoms with E-state index >= 15 is 0 Å². The van der Waals surface area contributed by atoms with Gasteiger partial charge in [-0.05, 0) is 44.9 Å². The van der Waals surface area contributed by atoms with E-state index in [1.165, 1.54) is 0 Å². The summed E-state index contributed by atoms with van der Waals surface area (Å²) in [6.45, 7) is 1.88. The number of primary amides is 1. The predicted octanol–water partition coefficient (Wildman–Crippen LogP) is 3.57. The van der Waals surface area contributed by atoms with E-state index in [0.717, 1.165) is 54.4 Å². The summed E-state index contributed by atoms with van der Waals surface area (Å²) in [5.74, 6) is -1.38. The molecule has 4 atom stereocenters. The molecule has 0 aliphatic carbocycles. The Kier molecular flexibility index (Phi) is 18.3. The Morgan fingerprint density at radius 3 is 1.96 bits per heavy atom. The largest absolute Gasteiger partial charge is 0.465 e. The number of rotatable bonds is 21. The summed E-state index contributed by atoms with van der Waals surface area (Å²) < 4.78 is 6.65. The van der Waals surface area contributed by atoms with E-state index in [0.29, 0.717) is 6.42 Å². The van der Waals surface area contributed by atoms with E-state index in [9.17, 15) is 29.7 Å². The maximum absolute atomic E-state index is 12.2. The first-order chi connectivity index (χ1) is 22.2. The fourth-order valence-electron chi connectivity index (χ4n) is 4.36. The Morgan fingerprint density at radius 1 is 0.913 bits per heavy atom. The average molecular weight is 641 g/mol. The molecule has 0 bridgehead atoms. The molecule has 0 spiro atoms. The van der Waals surface area contributed by atoms with Crippen molar-refractivity contribution >= 4 is 17.9 Å². The van der Waals surface area contributed by atoms with Gasteiger partial charge in [-0.15, -0.1) is 5.10 Å². The molecular formula is C33H48N6O7. The van der Waals surface area contributed by atoms with Crippen LogP contribution in [-0.4, -0.2) is 90.8 Å². The standard InChI is InChI=1S/C33H48N6O7/c1-2-3-4-5-6-7-8-9-10-11-12-13-14-15-16-17-18-19-20-21-27(40)35-22-23-38(33(44)45)24-26-28(41)29(42)32(46-26)39-25-36-31(37-39)30(34)43/h3-4,6-7,9-10,12-13,15-16,18-19,25-26,28-29,32,41-42H,2,5,8,11,14,17,20-24H2,1H3,(H2,34,43)(H,35,40)(H,44,45)/b4-3-,7-6-,10-9-,13-12-,16-15-,19-18-/t26-,28-,29-,32-/m1/s1. The molecule has 1 aliphatic heterocycles. The Morgan fingerprint density at radius 2 is 1.46 bits per heavy atom. The van der Waals surface area contributed by atoms with Gasteiger partial charge in [-0.2, -0.15) is 0 Å². The molecule has 2 rings (SSSR count). The third-order valence-corrected chi connectivity index (χ3v) is 6.84. The van der Waals surface area contributed by atoms with Crippen molar-refractivity contribution in [2.45, 2.75) is 82.8 Å². The van der Waals surface area contributed by atoms with Crippen LogP contribution in [0.2, 0.25) is 0 Å². The van der Waals surface area contributed by atoms with Crippen molar-refractivity contribution in [3.8, 4) is 0 Å². The number of nitrogens with two attached hydrogens (primary N) is 1. The average Bonchev–Trinajstić information content (AvgIpc) is 3.63. The van der Waals surface area contributed by atoms with E-state index in [1.807, 2.05) is 12.2 Å². The molecule has 3 amide bonds. The van der Waals surface area contributed by atoms with Crippen LogP contribution in [0.1, 0.15) is 75.1 Å². The molecule has 13 heteroatoms. The Bertz CT molecular complexity index is 1250. The second-order valence-corrected chi connectivity index (χ2v) is 10.5. The predicted molar refractivity (Wildman–Crippen MR) is 175 cm³/mol. The number of allylic oxidation sites excluding steroid dienone is 12. The van der Waals surface area contributed by atoms with Gasteiger partial charge in [0.25, 0.3) is 5.91 Å². The molecule has 1 aromatic rings. The normalized spacial score (nSPS) is 20.4. The number of aliphatic hydroxyl groups is 2. The van der Waals surface area contributed by atoms with Crippen molar-refractivity contribution in [1.29, 1.82) is 0 Å². The van der Waals surface area contributed by atoms with E-state index in [2.05, 4.69) is 83.1 Å². The second-order valence-electron chi connectivity index (χ2n) is 10.5. The van der Waals surface area contributed by atoms with Crippen molar-refractivity contribution in [1.82, 2.24) is 25.0 Å². The van der Waals surface area contributed by atoms with Gasteiger partial charge in [-0.1, -0.05) is 79.8 Å². The van der Waals surface area contributed by atoms with Crippen LogP contribution in [0.4, 0.5) is 4.79 Å². The summed E-state index contributed by atoms with van der Waals surface area (Å²) >= 11 is 0. The Hall–Kier alpha value is -4.33. The molecule has 0 radical (unpaired) electrons. The molecule has 1 fully saturated rings. The van der Waals surface area contributed by atoms with Gasteiger partial charge in [-0.3, -0.25) is 9.59 Å². The minimum absolute atomic E-state index is 0.0521. The SMILES string of the molecule is CC/C=C\C/C=C\C/C=C\C/C=C\C/C=C\C/C=C\CCC(=O)NCCN(C[C@H]1O[C@@H](n2cnc(C(N)=O)n2)[C@H](O)[C@@H]1O)C(=O)O. The van der Waals surface area contributed by atoms with Crippen LogP contribution in [0.3, 0.4) is 0 Å². The van der Waals surface area contributed by atoms with E-state index in [1.54, 1.807) is 0 Å². The lowest BCUT2D eigenvalue weighted by Crippen LogP contribution is -2.45. The molecule has 252 valence electrons. The van der Waals surface area contributed by atoms with Gasteiger partial charge in [-0.25, -0.2) is 14.5 Å². The smallest absolute Gasteiger partial charge is 0.407 e. The highest BCUT2D eigenvalue weighted by atomic mass is 16.6. The number of carbonyl (C=O) groups excluding carboxylic acids is 2. The van der Waals surface area contributed by atoms with E-state index < -0.39 is 36.5 Å². The number of nitrogens with zero attached hydrogens (tertiary/aromatic N) is 4. The molecule has 1 saturated heterocycles. The van der Waals surface area contributed by atoms with Crippen LogP contribution in [0.15, 0.2) is 79.2 Å². The summed E-state index contributed by atoms with van der Waals surface area (Å²) in [7, 11) is 0. The number of carbonyl (C=O) groups is 3. The van der Waals surface area contributed by atoms with Crippen molar-refractivity contribution in [2.24, 2.45) is 5.73 Å². The fraction of sp³-hybridized carbons (Fsp3) is 0.485. The van der Waals surface area contributed by atoms with Crippen LogP contribution in [-0.2, 0) is 9.53 Å². The van der Waals surface area contributed by atoms with Crippen molar-refractivity contribution in [3.05, 3.63) is 85.1 Å². The van der Waals surface area contributed by atoms with Crippen molar-refractivity contribution in [3.63, 3.8) is 0 Å². The molecular weight excluding hydrogens is 592 g/mol. The lowest BCUT2D eigenvalue weighted by molar-refractivity contribution is -0.121. The lowest BCUT2D eigenvalue weighted by Gasteiger charge is -2.24. The number of hydrogen-bond donors (Lipinski definition) is 5. The minimum atomic E-state index is -1.45. The third-order valence-electron chi connectivity index (χ3n) is 6.84. The molecule has 0 unspecified atom stereocenters. The second kappa shape index (κ2) is 22.2. The van der Waals surface area contributed by atoms with Crippen LogP contribution in [0, 0.1) is 0 Å². The summed E-state index contributed by atoms with van der Waals surface area (Å²) in [5, 5.41) is 36.9. The van der Waals surface area contributed by atoms with Gasteiger partial charge in [0, 0.05) is 19.5 Å². The number of carboxylic acid groups (broad SMARTS) is 1. The molecule has 2 heterocycles. The van der Waals surface area contributed by atoms with Gasteiger partial charge in [0.1, 0.15) is 24.6 Å². The first-order valence-corrected chi connectivity index (χ1v) is 15.6. The quantitative estimate of drug-likeness (QED) is 0.125. The molecule has 0 saturated carbocycles. The molecule has 0 aromatic carbocycles. The number of amides is 3. The topological polar surface area (TPSA) is 193 Å². The summed E-state index contributed by atoms with van der Waals surface area (Å²) in [4.78, 5) is 39.8. The van der Waals surface area contributed by atoms with E-state index in [4.69, 9.17) is 10.5 Å². The number of aliphatic hydroxyl groups excluding tert-OH is 2.